The summed E-state index contributed by atoms with van der Waals surface area (Å²) in [5, 5.41) is 0. The molecule has 5 amide bonds. The van der Waals surface area contributed by atoms with Crippen LogP contribution in [0.5, 0.6) is 0 Å². The highest BCUT2D eigenvalue weighted by atomic mass is 16.5. The fourth-order valence-electron chi connectivity index (χ4n) is 5.35. The van der Waals surface area contributed by atoms with Crippen LogP contribution in [0.15, 0.2) is 84.9 Å². The molecule has 1 saturated heterocycles. The van der Waals surface area contributed by atoms with Crippen LogP contribution in [-0.4, -0.2) is 71.2 Å². The number of hydrogen-bond acceptors (Lipinski definition) is 6. The number of fused-ring (bicyclic) bond motifs is 1. The number of carbonyl (C=O) groups is 5. The van der Waals surface area contributed by atoms with Crippen LogP contribution in [0.2, 0.25) is 0 Å². The molecule has 2 aliphatic rings. The molecular formula is C30H27N3O6. The molecule has 2 aliphatic heterocycles. The van der Waals surface area contributed by atoms with E-state index in [0.717, 1.165) is 4.90 Å². The Bertz CT molecular complexity index is 1360. The molecular weight excluding hydrogens is 498 g/mol. The molecule has 0 unspecified atom stereocenters. The largest absolute Gasteiger partial charge is 0.468 e. The van der Waals surface area contributed by atoms with Crippen molar-refractivity contribution in [1.29, 1.82) is 0 Å². The summed E-state index contributed by atoms with van der Waals surface area (Å²) in [7, 11) is 1.20. The molecule has 2 heterocycles. The molecule has 0 aliphatic carbocycles. The lowest BCUT2D eigenvalue weighted by atomic mass is 9.81. The minimum Gasteiger partial charge on any atom is -0.468 e. The number of carbonyl (C=O) groups excluding carboxylic acids is 5. The number of hydrogen-bond donors (Lipinski definition) is 0. The van der Waals surface area contributed by atoms with E-state index in [1.165, 1.54) is 16.9 Å². The van der Waals surface area contributed by atoms with Gasteiger partial charge in [-0.3, -0.25) is 29.0 Å². The summed E-state index contributed by atoms with van der Waals surface area (Å²) in [4.78, 5) is 69.1. The monoisotopic (exact) mass is 525 g/mol. The summed E-state index contributed by atoms with van der Waals surface area (Å²) in [6.45, 7) is -0.186. The number of benzene rings is 3. The first-order valence-corrected chi connectivity index (χ1v) is 12.7. The van der Waals surface area contributed by atoms with Crippen molar-refractivity contribution >= 4 is 29.7 Å². The molecule has 198 valence electrons. The fraction of sp³-hybridized carbons (Fsp3) is 0.233. The lowest BCUT2D eigenvalue weighted by molar-refractivity contribution is -0.145. The van der Waals surface area contributed by atoms with Crippen molar-refractivity contribution in [3.05, 3.63) is 107 Å². The number of ether oxygens (including phenoxy) is 1. The minimum atomic E-state index is -1.50. The molecule has 0 saturated carbocycles. The highest BCUT2D eigenvalue weighted by molar-refractivity contribution is 6.21. The third-order valence-electron chi connectivity index (χ3n) is 7.21. The van der Waals surface area contributed by atoms with Crippen molar-refractivity contribution < 1.29 is 28.7 Å². The van der Waals surface area contributed by atoms with E-state index in [4.69, 9.17) is 4.74 Å². The van der Waals surface area contributed by atoms with Crippen molar-refractivity contribution in [3.8, 4) is 0 Å². The van der Waals surface area contributed by atoms with E-state index in [1.54, 1.807) is 72.8 Å². The van der Waals surface area contributed by atoms with E-state index in [2.05, 4.69) is 0 Å². The van der Waals surface area contributed by atoms with Gasteiger partial charge < -0.3 is 9.64 Å². The summed E-state index contributed by atoms with van der Waals surface area (Å²) in [6, 6.07) is 24.0. The molecule has 3 aromatic rings. The van der Waals surface area contributed by atoms with E-state index < -0.39 is 30.0 Å². The van der Waals surface area contributed by atoms with Gasteiger partial charge in [0.25, 0.3) is 17.7 Å². The maximum Gasteiger partial charge on any atom is 0.328 e. The van der Waals surface area contributed by atoms with Crippen molar-refractivity contribution in [2.75, 3.05) is 26.7 Å². The van der Waals surface area contributed by atoms with Crippen molar-refractivity contribution in [3.63, 3.8) is 0 Å². The Balaban J connectivity index is 1.44. The first kappa shape index (κ1) is 25.8. The quantitative estimate of drug-likeness (QED) is 0.184. The number of esters is 1. The van der Waals surface area contributed by atoms with Crippen molar-refractivity contribution in [1.82, 2.24) is 14.7 Å². The summed E-state index contributed by atoms with van der Waals surface area (Å²) < 4.78 is 4.75. The Morgan fingerprint density at radius 2 is 1.18 bits per heavy atom. The summed E-state index contributed by atoms with van der Waals surface area (Å²) in [5.74, 6) is -1.93. The van der Waals surface area contributed by atoms with E-state index in [0.29, 0.717) is 35.1 Å². The van der Waals surface area contributed by atoms with E-state index in [-0.39, 0.29) is 24.9 Å². The number of nitrogens with zero attached hydrogens (tertiary/aromatic N) is 3. The number of unbranched alkanes of at least 4 members (excludes halogenated alkanes) is 1. The van der Waals surface area contributed by atoms with Gasteiger partial charge in [-0.1, -0.05) is 72.8 Å². The second-order valence-electron chi connectivity index (χ2n) is 9.36. The predicted molar refractivity (Wildman–Crippen MR) is 141 cm³/mol. The predicted octanol–water partition coefficient (Wildman–Crippen LogP) is 3.44. The third-order valence-corrected chi connectivity index (χ3v) is 7.21. The highest BCUT2D eigenvalue weighted by Crippen LogP contribution is 2.43. The Morgan fingerprint density at radius 1 is 0.692 bits per heavy atom. The fourth-order valence-corrected chi connectivity index (χ4v) is 5.35. The molecule has 0 bridgehead atoms. The van der Waals surface area contributed by atoms with Crippen LogP contribution in [0.1, 0.15) is 44.7 Å². The maximum absolute atomic E-state index is 14.1. The molecule has 5 rings (SSSR count). The zero-order valence-electron chi connectivity index (χ0n) is 21.4. The number of imide groups is 2. The molecule has 0 atom stereocenters. The van der Waals surface area contributed by atoms with E-state index in [1.807, 2.05) is 12.1 Å². The first-order valence-electron chi connectivity index (χ1n) is 12.7. The average molecular weight is 526 g/mol. The molecule has 9 nitrogen and oxygen atoms in total. The van der Waals surface area contributed by atoms with Crippen LogP contribution < -0.4 is 0 Å². The summed E-state index contributed by atoms with van der Waals surface area (Å²) >= 11 is 0. The molecule has 0 aromatic heterocycles. The van der Waals surface area contributed by atoms with Crippen LogP contribution in [0.3, 0.4) is 0 Å². The Morgan fingerprint density at radius 3 is 1.69 bits per heavy atom. The van der Waals surface area contributed by atoms with Gasteiger partial charge in [-0.15, -0.1) is 0 Å². The molecule has 0 spiro atoms. The smallest absolute Gasteiger partial charge is 0.328 e. The Kier molecular flexibility index (Phi) is 6.98. The molecule has 3 aromatic carbocycles. The van der Waals surface area contributed by atoms with Crippen molar-refractivity contribution in [2.45, 2.75) is 18.4 Å². The topological polar surface area (TPSA) is 104 Å². The van der Waals surface area contributed by atoms with Crippen LogP contribution in [0, 0.1) is 0 Å². The maximum atomic E-state index is 14.1. The normalized spacial score (nSPS) is 16.2. The van der Waals surface area contributed by atoms with Crippen LogP contribution >= 0.6 is 0 Å². The Labute approximate surface area is 225 Å². The summed E-state index contributed by atoms with van der Waals surface area (Å²) in [5.41, 5.74) is 0.440. The van der Waals surface area contributed by atoms with Gasteiger partial charge in [0.2, 0.25) is 0 Å². The number of amides is 5. The zero-order valence-corrected chi connectivity index (χ0v) is 21.4. The second-order valence-corrected chi connectivity index (χ2v) is 9.36. The van der Waals surface area contributed by atoms with Gasteiger partial charge in [-0.2, -0.15) is 0 Å². The lowest BCUT2D eigenvalue weighted by Crippen LogP contribution is -2.48. The van der Waals surface area contributed by atoms with Crippen LogP contribution in [0.4, 0.5) is 4.79 Å². The first-order chi connectivity index (χ1) is 18.9. The number of rotatable bonds is 9. The standard InChI is InChI=1S/C30H27N3O6/c1-39-25(34)20-32-28(37)30(21-12-4-2-5-13-21,22-14-6-3-7-15-22)33(29(32)38)19-11-10-18-31-26(35)23-16-8-9-17-24(23)27(31)36/h2-9,12-17H,10-11,18-20H2,1H3. The van der Waals surface area contributed by atoms with Crippen molar-refractivity contribution in [2.24, 2.45) is 0 Å². The van der Waals surface area contributed by atoms with Gasteiger partial charge in [-0.05, 0) is 36.1 Å². The Hall–Kier alpha value is -4.79. The van der Waals surface area contributed by atoms with E-state index >= 15 is 0 Å². The van der Waals surface area contributed by atoms with Gasteiger partial charge in [-0.25, -0.2) is 4.79 Å². The van der Waals surface area contributed by atoms with Gasteiger partial charge in [0, 0.05) is 13.1 Å². The SMILES string of the molecule is COC(=O)CN1C(=O)N(CCCCN2C(=O)c3ccccc3C2=O)C(c2ccccc2)(c2ccccc2)C1=O. The molecule has 9 heteroatoms. The number of urea groups is 1. The second kappa shape index (κ2) is 10.5. The molecule has 39 heavy (non-hydrogen) atoms. The van der Waals surface area contributed by atoms with E-state index in [9.17, 15) is 24.0 Å². The van der Waals surface area contributed by atoms with Gasteiger partial charge >= 0.3 is 12.0 Å². The highest BCUT2D eigenvalue weighted by Gasteiger charge is 2.59. The third kappa shape index (κ3) is 4.25. The average Bonchev–Trinajstić information content (AvgIpc) is 3.34. The van der Waals surface area contributed by atoms with Gasteiger partial charge in [0.15, 0.2) is 5.54 Å². The minimum absolute atomic E-state index is 0.148. The van der Waals surface area contributed by atoms with Gasteiger partial charge in [0.05, 0.1) is 18.2 Å². The summed E-state index contributed by atoms with van der Waals surface area (Å²) in [6.07, 6.45) is 0.819. The van der Waals surface area contributed by atoms with Crippen LogP contribution in [0.25, 0.3) is 0 Å². The van der Waals surface area contributed by atoms with Crippen LogP contribution in [-0.2, 0) is 19.9 Å². The van der Waals surface area contributed by atoms with Gasteiger partial charge in [0.1, 0.15) is 6.54 Å². The number of methoxy groups -OCH3 is 1. The lowest BCUT2D eigenvalue weighted by Gasteiger charge is -2.36. The molecule has 0 radical (unpaired) electrons. The zero-order chi connectivity index (χ0) is 27.6. The molecule has 1 fully saturated rings. The molecule has 0 N–H and O–H groups in total.